The van der Waals surface area contributed by atoms with Gasteiger partial charge in [-0.2, -0.15) is 5.26 Å². The van der Waals surface area contributed by atoms with Gasteiger partial charge in [0.2, 0.25) is 5.60 Å². The number of hydrogen-bond acceptors (Lipinski definition) is 7. The van der Waals surface area contributed by atoms with Crippen LogP contribution in [-0.4, -0.2) is 29.1 Å². The topological polar surface area (TPSA) is 103 Å². The Morgan fingerprint density at radius 1 is 1.03 bits per heavy atom. The highest BCUT2D eigenvalue weighted by Crippen LogP contribution is 2.78. The van der Waals surface area contributed by atoms with E-state index in [1.165, 1.54) is 31.9 Å². The summed E-state index contributed by atoms with van der Waals surface area (Å²) in [6, 6.07) is 8.14. The highest BCUT2D eigenvalue weighted by molar-refractivity contribution is 5.71. The maximum absolute atomic E-state index is 12.3. The Morgan fingerprint density at radius 2 is 1.76 bits per heavy atom. The van der Waals surface area contributed by atoms with E-state index in [-0.39, 0.29) is 17.8 Å². The summed E-state index contributed by atoms with van der Waals surface area (Å²) in [6.45, 7) is 6.11. The monoisotopic (exact) mass is 463 g/mol. The summed E-state index contributed by atoms with van der Waals surface area (Å²) in [7, 11) is 0. The van der Waals surface area contributed by atoms with Gasteiger partial charge in [-0.1, -0.05) is 19.1 Å². The van der Waals surface area contributed by atoms with Crippen LogP contribution in [0, 0.1) is 28.1 Å². The van der Waals surface area contributed by atoms with Gasteiger partial charge >= 0.3 is 17.9 Å². The predicted octanol–water partition coefficient (Wildman–Crippen LogP) is 4.15. The molecule has 7 heteroatoms. The van der Waals surface area contributed by atoms with Gasteiger partial charge in [0.15, 0.2) is 5.60 Å². The Kier molecular flexibility index (Phi) is 4.78. The van der Waals surface area contributed by atoms with E-state index in [1.807, 2.05) is 18.2 Å². The zero-order valence-corrected chi connectivity index (χ0v) is 20.0. The van der Waals surface area contributed by atoms with Crippen LogP contribution in [0.15, 0.2) is 30.4 Å². The van der Waals surface area contributed by atoms with Crippen LogP contribution in [0.1, 0.15) is 70.4 Å². The second-order valence-electron chi connectivity index (χ2n) is 10.5. The molecule has 0 aliphatic heterocycles. The van der Waals surface area contributed by atoms with Gasteiger partial charge in [-0.25, -0.2) is 0 Å². The van der Waals surface area contributed by atoms with Crippen LogP contribution in [0.2, 0.25) is 0 Å². The van der Waals surface area contributed by atoms with Crippen LogP contribution in [0.4, 0.5) is 0 Å². The molecule has 0 radical (unpaired) electrons. The van der Waals surface area contributed by atoms with E-state index in [4.69, 9.17) is 14.2 Å². The number of fused-ring (bicyclic) bond motifs is 3. The molecule has 0 saturated heterocycles. The van der Waals surface area contributed by atoms with Crippen LogP contribution in [0.25, 0.3) is 0 Å². The Balaban J connectivity index is 1.61. The van der Waals surface area contributed by atoms with Crippen molar-refractivity contribution in [3.8, 4) is 11.8 Å². The molecule has 1 aromatic rings. The lowest BCUT2D eigenvalue weighted by Crippen LogP contribution is -2.60. The molecule has 2 fully saturated rings. The van der Waals surface area contributed by atoms with E-state index in [1.54, 1.807) is 0 Å². The first-order valence-corrected chi connectivity index (χ1v) is 11.9. The average Bonchev–Trinajstić information content (AvgIpc) is 3.10. The molecule has 2 bridgehead atoms. The van der Waals surface area contributed by atoms with Crippen molar-refractivity contribution < 1.29 is 28.6 Å². The number of nitrogens with zero attached hydrogens (tertiary/aromatic N) is 1. The minimum Gasteiger partial charge on any atom is -0.449 e. The lowest BCUT2D eigenvalue weighted by molar-refractivity contribution is -0.200. The highest BCUT2D eigenvalue weighted by Gasteiger charge is 2.84. The van der Waals surface area contributed by atoms with Gasteiger partial charge in [-0.15, -0.1) is 0 Å². The van der Waals surface area contributed by atoms with Gasteiger partial charge in [-0.3, -0.25) is 14.4 Å². The second-order valence-corrected chi connectivity index (χ2v) is 10.5. The van der Waals surface area contributed by atoms with Crippen LogP contribution in [0.5, 0.6) is 5.75 Å². The first kappa shape index (κ1) is 22.6. The summed E-state index contributed by atoms with van der Waals surface area (Å²) < 4.78 is 17.1. The molecule has 0 spiro atoms. The molecule has 178 valence electrons. The maximum Gasteiger partial charge on any atom is 0.308 e. The predicted molar refractivity (Wildman–Crippen MR) is 120 cm³/mol. The molecule has 0 N–H and O–H groups in total. The van der Waals surface area contributed by atoms with Gasteiger partial charge < -0.3 is 14.2 Å². The molecule has 1 unspecified atom stereocenters. The highest BCUT2D eigenvalue weighted by atomic mass is 16.6. The molecule has 0 amide bonds. The molecule has 7 nitrogen and oxygen atoms in total. The number of carbonyl (C=O) groups excluding carboxylic acids is 3. The van der Waals surface area contributed by atoms with Gasteiger partial charge in [0, 0.05) is 38.0 Å². The van der Waals surface area contributed by atoms with Crippen LogP contribution < -0.4 is 4.74 Å². The van der Waals surface area contributed by atoms with Crippen LogP contribution in [-0.2, 0) is 30.3 Å². The Hall–Kier alpha value is -3.14. The van der Waals surface area contributed by atoms with Crippen LogP contribution >= 0.6 is 0 Å². The van der Waals surface area contributed by atoms with E-state index in [2.05, 4.69) is 25.1 Å². The summed E-state index contributed by atoms with van der Waals surface area (Å²) in [5.74, 6) is -0.412. The Bertz CT molecular complexity index is 1180. The molecule has 6 atom stereocenters. The van der Waals surface area contributed by atoms with E-state index in [0.29, 0.717) is 18.6 Å². The number of rotatable bonds is 3. The number of nitriles is 1. The van der Waals surface area contributed by atoms with Crippen molar-refractivity contribution in [2.75, 3.05) is 0 Å². The van der Waals surface area contributed by atoms with Crippen molar-refractivity contribution in [3.63, 3.8) is 0 Å². The molecule has 1 aromatic carbocycles. The lowest BCUT2D eigenvalue weighted by Gasteiger charge is -2.56. The first-order chi connectivity index (χ1) is 16.0. The molecule has 5 rings (SSSR count). The van der Waals surface area contributed by atoms with Crippen molar-refractivity contribution in [2.24, 2.45) is 16.7 Å². The Morgan fingerprint density at radius 3 is 2.41 bits per heavy atom. The number of ether oxygens (including phenoxy) is 3. The summed E-state index contributed by atoms with van der Waals surface area (Å²) in [5.41, 5.74) is -1.50. The fraction of sp³-hybridized carbons (Fsp3) is 0.556. The zero-order valence-electron chi connectivity index (χ0n) is 20.0. The lowest BCUT2D eigenvalue weighted by atomic mass is 9.48. The molecule has 0 heterocycles. The Labute approximate surface area is 199 Å². The molecule has 4 aliphatic carbocycles. The fourth-order valence-corrected chi connectivity index (χ4v) is 7.93. The van der Waals surface area contributed by atoms with Crippen molar-refractivity contribution >= 4 is 17.9 Å². The smallest absolute Gasteiger partial charge is 0.308 e. The van der Waals surface area contributed by atoms with Crippen molar-refractivity contribution in [3.05, 3.63) is 41.5 Å². The summed E-state index contributed by atoms with van der Waals surface area (Å²) >= 11 is 0. The first-order valence-electron chi connectivity index (χ1n) is 11.9. The quantitative estimate of drug-likeness (QED) is 0.377. The maximum atomic E-state index is 12.3. The third kappa shape index (κ3) is 2.65. The van der Waals surface area contributed by atoms with Crippen molar-refractivity contribution in [1.29, 1.82) is 5.26 Å². The van der Waals surface area contributed by atoms with Crippen LogP contribution in [0.3, 0.4) is 0 Å². The van der Waals surface area contributed by atoms with Gasteiger partial charge in [-0.05, 0) is 66.9 Å². The molecule has 4 aliphatic rings. The van der Waals surface area contributed by atoms with Gasteiger partial charge in [0.1, 0.15) is 11.8 Å². The molecular formula is C27H29NO6. The standard InChI is InChI=1S/C27H29NO6/c1-16(29)32-20-6-7-21-19(13-20)5-8-23-22(21)9-10-24(4)25(23)11-12-27(24,34-18(3)31)26(14-25,15-28)33-17(2)30/h6-7,11-13,22-23H,5,8-10,14H2,1-4H3/t22-,23-,24+,25+,26+,27?/m1/s1. The van der Waals surface area contributed by atoms with Gasteiger partial charge in [0.05, 0.1) is 0 Å². The minimum atomic E-state index is -1.57. The number of carbonyl (C=O) groups is 3. The number of esters is 3. The van der Waals surface area contributed by atoms with E-state index >= 15 is 0 Å². The molecular weight excluding hydrogens is 434 g/mol. The van der Waals surface area contributed by atoms with Crippen molar-refractivity contribution in [2.45, 2.75) is 76.9 Å². The number of hydrogen-bond donors (Lipinski definition) is 0. The van der Waals surface area contributed by atoms with E-state index in [0.717, 1.165) is 19.3 Å². The SMILES string of the molecule is CC(=O)Oc1ccc2c(c1)CC[C@@H]1[C@@H]2CC[C@]2(C)C3(OC(C)=O)C=C[C@]12C[C@@]3(C#N)OC(C)=O. The van der Waals surface area contributed by atoms with E-state index in [9.17, 15) is 19.6 Å². The number of benzene rings is 1. The minimum absolute atomic E-state index is 0.192. The van der Waals surface area contributed by atoms with E-state index < -0.39 is 34.0 Å². The van der Waals surface area contributed by atoms with Crippen molar-refractivity contribution in [1.82, 2.24) is 0 Å². The number of allylic oxidation sites excluding steroid dienone is 1. The molecule has 2 saturated carbocycles. The zero-order chi connectivity index (χ0) is 24.5. The third-order valence-corrected chi connectivity index (χ3v) is 9.01. The summed E-state index contributed by atoms with van der Waals surface area (Å²) in [4.78, 5) is 35.9. The molecule has 34 heavy (non-hydrogen) atoms. The normalized spacial score (nSPS) is 38.7. The number of aryl methyl sites for hydroxylation is 1. The fourth-order valence-electron chi connectivity index (χ4n) is 7.93. The molecule has 0 aromatic heterocycles. The second kappa shape index (κ2) is 7.18. The third-order valence-electron chi connectivity index (χ3n) is 9.01. The summed E-state index contributed by atoms with van der Waals surface area (Å²) in [5, 5.41) is 10.4. The average molecular weight is 464 g/mol. The van der Waals surface area contributed by atoms with Gasteiger partial charge in [0.25, 0.3) is 0 Å². The largest absolute Gasteiger partial charge is 0.449 e. The summed E-state index contributed by atoms with van der Waals surface area (Å²) in [6.07, 6.45) is 7.54.